The number of hydrogen-bond acceptors (Lipinski definition) is 3. The molecule has 2 heterocycles. The zero-order valence-electron chi connectivity index (χ0n) is 14.2. The number of amides is 1. The monoisotopic (exact) mass is 324 g/mol. The van der Waals surface area contributed by atoms with Crippen LogP contribution in [0.15, 0.2) is 36.7 Å². The summed E-state index contributed by atoms with van der Waals surface area (Å²) in [7, 11) is 1.96. The quantitative estimate of drug-likeness (QED) is 0.869. The summed E-state index contributed by atoms with van der Waals surface area (Å²) < 4.78 is 2.17. The van der Waals surface area contributed by atoms with Crippen LogP contribution < -0.4 is 0 Å². The average molecular weight is 324 g/mol. The van der Waals surface area contributed by atoms with E-state index >= 15 is 0 Å². The van der Waals surface area contributed by atoms with Gasteiger partial charge in [-0.15, -0.1) is 0 Å². The van der Waals surface area contributed by atoms with E-state index in [0.29, 0.717) is 6.54 Å². The first-order valence-corrected chi connectivity index (χ1v) is 8.78. The molecule has 4 rings (SSSR count). The van der Waals surface area contributed by atoms with Crippen molar-refractivity contribution in [3.05, 3.63) is 53.6 Å². The maximum atomic E-state index is 12.8. The SMILES string of the molecule is CN(C(=O)CN1CCn2ccnc2C1)[C@@H]1CCCc2ccccc21. The van der Waals surface area contributed by atoms with E-state index in [1.807, 2.05) is 24.3 Å². The molecule has 0 spiro atoms. The van der Waals surface area contributed by atoms with Crippen molar-refractivity contribution in [1.29, 1.82) is 0 Å². The van der Waals surface area contributed by atoms with E-state index in [1.165, 1.54) is 11.1 Å². The zero-order chi connectivity index (χ0) is 16.5. The lowest BCUT2D eigenvalue weighted by Crippen LogP contribution is -2.43. The second kappa shape index (κ2) is 6.40. The fraction of sp³-hybridized carbons (Fsp3) is 0.474. The van der Waals surface area contributed by atoms with E-state index in [2.05, 4.69) is 38.7 Å². The van der Waals surface area contributed by atoms with Crippen molar-refractivity contribution in [3.63, 3.8) is 0 Å². The molecule has 1 aromatic carbocycles. The summed E-state index contributed by atoms with van der Waals surface area (Å²) in [4.78, 5) is 21.4. The maximum Gasteiger partial charge on any atom is 0.237 e. The van der Waals surface area contributed by atoms with Gasteiger partial charge in [0, 0.05) is 32.5 Å². The molecule has 0 radical (unpaired) electrons. The van der Waals surface area contributed by atoms with E-state index in [9.17, 15) is 4.79 Å². The fourth-order valence-corrected chi connectivity index (χ4v) is 3.97. The molecule has 1 atom stereocenters. The molecule has 0 saturated heterocycles. The normalized spacial score (nSPS) is 20.3. The van der Waals surface area contributed by atoms with Gasteiger partial charge in [-0.2, -0.15) is 0 Å². The zero-order valence-corrected chi connectivity index (χ0v) is 14.2. The minimum atomic E-state index is 0.205. The van der Waals surface area contributed by atoms with E-state index in [0.717, 1.165) is 44.7 Å². The van der Waals surface area contributed by atoms with Crippen LogP contribution in [0.4, 0.5) is 0 Å². The molecule has 0 fully saturated rings. The van der Waals surface area contributed by atoms with Gasteiger partial charge in [0.05, 0.1) is 19.1 Å². The Morgan fingerprint density at radius 2 is 2.21 bits per heavy atom. The van der Waals surface area contributed by atoms with Crippen LogP contribution in [-0.2, 0) is 24.3 Å². The number of aryl methyl sites for hydroxylation is 1. The molecule has 5 heteroatoms. The molecular weight excluding hydrogens is 300 g/mol. The largest absolute Gasteiger partial charge is 0.338 e. The van der Waals surface area contributed by atoms with Crippen LogP contribution in [0.5, 0.6) is 0 Å². The molecule has 0 N–H and O–H groups in total. The predicted octanol–water partition coefficient (Wildman–Crippen LogP) is 2.23. The number of carbonyl (C=O) groups is 1. The first-order valence-electron chi connectivity index (χ1n) is 8.78. The van der Waals surface area contributed by atoms with Crippen LogP contribution in [-0.4, -0.2) is 45.4 Å². The van der Waals surface area contributed by atoms with Crippen molar-refractivity contribution in [2.45, 2.75) is 38.4 Å². The van der Waals surface area contributed by atoms with Crippen molar-refractivity contribution < 1.29 is 4.79 Å². The summed E-state index contributed by atoms with van der Waals surface area (Å²) in [6.07, 6.45) is 7.19. The first kappa shape index (κ1) is 15.4. The lowest BCUT2D eigenvalue weighted by molar-refractivity contribution is -0.134. The van der Waals surface area contributed by atoms with Gasteiger partial charge < -0.3 is 9.47 Å². The number of aromatic nitrogens is 2. The lowest BCUT2D eigenvalue weighted by Gasteiger charge is -2.35. The highest BCUT2D eigenvalue weighted by atomic mass is 16.2. The highest BCUT2D eigenvalue weighted by Gasteiger charge is 2.28. The van der Waals surface area contributed by atoms with Gasteiger partial charge in [0.2, 0.25) is 5.91 Å². The van der Waals surface area contributed by atoms with Crippen LogP contribution in [0.3, 0.4) is 0 Å². The Bertz CT molecular complexity index is 738. The third-order valence-corrected chi connectivity index (χ3v) is 5.38. The standard InChI is InChI=1S/C19H24N4O/c1-21(17-8-4-6-15-5-2-3-7-16(15)17)19(24)14-22-11-12-23-10-9-20-18(23)13-22/h2-3,5,7,9-10,17H,4,6,8,11-14H2,1H3/t17-/m1/s1. The Labute approximate surface area is 142 Å². The molecule has 2 aliphatic rings. The van der Waals surface area contributed by atoms with Gasteiger partial charge in [-0.05, 0) is 30.4 Å². The third-order valence-electron chi connectivity index (χ3n) is 5.38. The number of benzene rings is 1. The van der Waals surface area contributed by atoms with Crippen molar-refractivity contribution in [1.82, 2.24) is 19.4 Å². The number of fused-ring (bicyclic) bond motifs is 2. The van der Waals surface area contributed by atoms with E-state index < -0.39 is 0 Å². The third kappa shape index (κ3) is 2.84. The molecule has 126 valence electrons. The molecule has 5 nitrogen and oxygen atoms in total. The average Bonchev–Trinajstić information content (AvgIpc) is 3.08. The summed E-state index contributed by atoms with van der Waals surface area (Å²) in [6.45, 7) is 3.05. The van der Waals surface area contributed by atoms with Gasteiger partial charge in [0.1, 0.15) is 5.82 Å². The predicted molar refractivity (Wildman–Crippen MR) is 92.4 cm³/mol. The van der Waals surface area contributed by atoms with Crippen LogP contribution >= 0.6 is 0 Å². The lowest BCUT2D eigenvalue weighted by atomic mass is 9.87. The molecule has 24 heavy (non-hydrogen) atoms. The molecule has 1 amide bonds. The smallest absolute Gasteiger partial charge is 0.237 e. The molecule has 1 aliphatic heterocycles. The second-order valence-electron chi connectivity index (χ2n) is 6.86. The molecule has 0 unspecified atom stereocenters. The summed E-state index contributed by atoms with van der Waals surface area (Å²) in [5.41, 5.74) is 2.72. The van der Waals surface area contributed by atoms with Crippen LogP contribution in [0, 0.1) is 0 Å². The molecule has 0 bridgehead atoms. The second-order valence-corrected chi connectivity index (χ2v) is 6.86. The van der Waals surface area contributed by atoms with Gasteiger partial charge >= 0.3 is 0 Å². The van der Waals surface area contributed by atoms with Crippen LogP contribution in [0.2, 0.25) is 0 Å². The first-order chi connectivity index (χ1) is 11.7. The Kier molecular flexibility index (Phi) is 4.10. The number of imidazole rings is 1. The summed E-state index contributed by atoms with van der Waals surface area (Å²) >= 11 is 0. The molecule has 1 aromatic heterocycles. The van der Waals surface area contributed by atoms with Crippen LogP contribution in [0.25, 0.3) is 0 Å². The Hall–Kier alpha value is -2.14. The molecule has 2 aromatic rings. The van der Waals surface area contributed by atoms with E-state index in [1.54, 1.807) is 0 Å². The van der Waals surface area contributed by atoms with Crippen LogP contribution in [0.1, 0.15) is 35.8 Å². The Morgan fingerprint density at radius 1 is 1.33 bits per heavy atom. The van der Waals surface area contributed by atoms with E-state index in [4.69, 9.17) is 0 Å². The fourth-order valence-electron chi connectivity index (χ4n) is 3.97. The molecule has 1 aliphatic carbocycles. The number of hydrogen-bond donors (Lipinski definition) is 0. The van der Waals surface area contributed by atoms with Gasteiger partial charge in [0.25, 0.3) is 0 Å². The maximum absolute atomic E-state index is 12.8. The Morgan fingerprint density at radius 3 is 3.12 bits per heavy atom. The summed E-state index contributed by atoms with van der Waals surface area (Å²) in [5, 5.41) is 0. The van der Waals surface area contributed by atoms with Crippen molar-refractivity contribution >= 4 is 5.91 Å². The van der Waals surface area contributed by atoms with Crippen molar-refractivity contribution in [2.24, 2.45) is 0 Å². The number of rotatable bonds is 3. The number of nitrogens with zero attached hydrogens (tertiary/aromatic N) is 4. The minimum absolute atomic E-state index is 0.205. The summed E-state index contributed by atoms with van der Waals surface area (Å²) in [5.74, 6) is 1.26. The topological polar surface area (TPSA) is 41.4 Å². The highest BCUT2D eigenvalue weighted by molar-refractivity contribution is 5.78. The van der Waals surface area contributed by atoms with Gasteiger partial charge in [0.15, 0.2) is 0 Å². The number of carbonyl (C=O) groups excluding carboxylic acids is 1. The van der Waals surface area contributed by atoms with E-state index in [-0.39, 0.29) is 11.9 Å². The van der Waals surface area contributed by atoms with Gasteiger partial charge in [-0.1, -0.05) is 24.3 Å². The Balaban J connectivity index is 1.44. The number of likely N-dealkylation sites (N-methyl/N-ethyl adjacent to an activating group) is 1. The minimum Gasteiger partial charge on any atom is -0.338 e. The summed E-state index contributed by atoms with van der Waals surface area (Å²) in [6, 6.07) is 8.78. The van der Waals surface area contributed by atoms with Crippen molar-refractivity contribution in [2.75, 3.05) is 20.1 Å². The van der Waals surface area contributed by atoms with Gasteiger partial charge in [-0.25, -0.2) is 4.98 Å². The highest BCUT2D eigenvalue weighted by Crippen LogP contribution is 2.33. The molecule has 0 saturated carbocycles. The van der Waals surface area contributed by atoms with Crippen molar-refractivity contribution in [3.8, 4) is 0 Å². The molecular formula is C19H24N4O. The van der Waals surface area contributed by atoms with Gasteiger partial charge in [-0.3, -0.25) is 9.69 Å².